The zero-order chi connectivity index (χ0) is 16.1. The van der Waals surface area contributed by atoms with E-state index >= 15 is 0 Å². The summed E-state index contributed by atoms with van der Waals surface area (Å²) in [4.78, 5) is 12.2. The number of halogens is 1. The summed E-state index contributed by atoms with van der Waals surface area (Å²) in [5.74, 6) is 0.877. The molecule has 5 heteroatoms. The predicted octanol–water partition coefficient (Wildman–Crippen LogP) is 4.06. The van der Waals surface area contributed by atoms with E-state index in [9.17, 15) is 4.79 Å². The van der Waals surface area contributed by atoms with Crippen molar-refractivity contribution in [2.75, 3.05) is 12.4 Å². The highest BCUT2D eigenvalue weighted by atomic mass is 35.5. The molecular weight excluding hydrogens is 302 g/mol. The number of benzene rings is 2. The molecule has 0 fully saturated rings. The molecule has 1 atom stereocenters. The zero-order valence-electron chi connectivity index (χ0n) is 12.7. The van der Waals surface area contributed by atoms with Crippen molar-refractivity contribution in [3.63, 3.8) is 0 Å². The summed E-state index contributed by atoms with van der Waals surface area (Å²) in [6.45, 7) is 3.57. The highest BCUT2D eigenvalue weighted by Crippen LogP contribution is 2.27. The van der Waals surface area contributed by atoms with Crippen LogP contribution < -0.4 is 14.8 Å². The van der Waals surface area contributed by atoms with Crippen LogP contribution in [0.1, 0.15) is 12.5 Å². The molecule has 0 heterocycles. The molecule has 0 radical (unpaired) electrons. The van der Waals surface area contributed by atoms with Gasteiger partial charge in [0.2, 0.25) is 0 Å². The number of methoxy groups -OCH3 is 1. The summed E-state index contributed by atoms with van der Waals surface area (Å²) in [5, 5.41) is 3.46. The van der Waals surface area contributed by atoms with Gasteiger partial charge in [-0.3, -0.25) is 4.79 Å². The van der Waals surface area contributed by atoms with Crippen LogP contribution in [0.5, 0.6) is 11.5 Å². The molecule has 1 N–H and O–H groups in total. The number of ether oxygens (including phenoxy) is 2. The third-order valence-electron chi connectivity index (χ3n) is 3.19. The summed E-state index contributed by atoms with van der Waals surface area (Å²) in [6, 6.07) is 12.5. The fraction of sp³-hybridized carbons (Fsp3) is 0.235. The van der Waals surface area contributed by atoms with E-state index in [2.05, 4.69) is 5.32 Å². The minimum absolute atomic E-state index is 0.240. The van der Waals surface area contributed by atoms with Gasteiger partial charge in [0, 0.05) is 10.7 Å². The Kier molecular flexibility index (Phi) is 5.28. The topological polar surface area (TPSA) is 47.6 Å². The molecule has 0 bridgehead atoms. The molecule has 116 valence electrons. The number of rotatable bonds is 5. The van der Waals surface area contributed by atoms with E-state index in [1.54, 1.807) is 44.4 Å². The standard InChI is InChI=1S/C17H18ClNO3/c1-11-10-13(18)8-9-14(11)19-17(20)12(2)22-16-7-5-4-6-15(16)21-3/h4-10,12H,1-3H3,(H,19,20)/t12-/m1/s1. The zero-order valence-corrected chi connectivity index (χ0v) is 13.5. The lowest BCUT2D eigenvalue weighted by atomic mass is 10.2. The Morgan fingerprint density at radius 1 is 1.18 bits per heavy atom. The number of para-hydroxylation sites is 2. The van der Waals surface area contributed by atoms with E-state index in [0.29, 0.717) is 22.2 Å². The summed E-state index contributed by atoms with van der Waals surface area (Å²) in [7, 11) is 1.56. The van der Waals surface area contributed by atoms with Crippen LogP contribution in [0.4, 0.5) is 5.69 Å². The second kappa shape index (κ2) is 7.18. The molecule has 0 unspecified atom stereocenters. The van der Waals surface area contributed by atoms with Gasteiger partial charge < -0.3 is 14.8 Å². The van der Waals surface area contributed by atoms with Gasteiger partial charge in [0.15, 0.2) is 17.6 Å². The molecular formula is C17H18ClNO3. The van der Waals surface area contributed by atoms with Crippen molar-refractivity contribution >= 4 is 23.2 Å². The molecule has 2 aromatic rings. The predicted molar refractivity (Wildman–Crippen MR) is 87.9 cm³/mol. The highest BCUT2D eigenvalue weighted by Gasteiger charge is 2.17. The first-order chi connectivity index (χ1) is 10.5. The van der Waals surface area contributed by atoms with Crippen molar-refractivity contribution in [2.45, 2.75) is 20.0 Å². The smallest absolute Gasteiger partial charge is 0.265 e. The quantitative estimate of drug-likeness (QED) is 0.904. The Hall–Kier alpha value is -2.20. The first kappa shape index (κ1) is 16.2. The number of nitrogens with one attached hydrogen (secondary N) is 1. The lowest BCUT2D eigenvalue weighted by Gasteiger charge is -2.17. The van der Waals surface area contributed by atoms with Gasteiger partial charge in [-0.1, -0.05) is 23.7 Å². The van der Waals surface area contributed by atoms with Crippen LogP contribution >= 0.6 is 11.6 Å². The van der Waals surface area contributed by atoms with E-state index in [-0.39, 0.29) is 5.91 Å². The molecule has 0 aliphatic rings. The number of carbonyl (C=O) groups excluding carboxylic acids is 1. The Bertz CT molecular complexity index is 673. The van der Waals surface area contributed by atoms with E-state index < -0.39 is 6.10 Å². The van der Waals surface area contributed by atoms with Gasteiger partial charge in [0.05, 0.1) is 7.11 Å². The van der Waals surface area contributed by atoms with Crippen molar-refractivity contribution < 1.29 is 14.3 Å². The second-order valence-corrected chi connectivity index (χ2v) is 5.30. The minimum Gasteiger partial charge on any atom is -0.493 e. The van der Waals surface area contributed by atoms with Gasteiger partial charge in [0.25, 0.3) is 5.91 Å². The largest absolute Gasteiger partial charge is 0.493 e. The second-order valence-electron chi connectivity index (χ2n) is 4.86. The Morgan fingerprint density at radius 3 is 2.50 bits per heavy atom. The van der Waals surface area contributed by atoms with Crippen LogP contribution in [0.15, 0.2) is 42.5 Å². The Morgan fingerprint density at radius 2 is 1.86 bits per heavy atom. The highest BCUT2D eigenvalue weighted by molar-refractivity contribution is 6.30. The molecule has 0 saturated carbocycles. The van der Waals surface area contributed by atoms with Crippen LogP contribution in [0.3, 0.4) is 0 Å². The fourth-order valence-corrected chi connectivity index (χ4v) is 2.19. The molecule has 0 spiro atoms. The average molecular weight is 320 g/mol. The monoisotopic (exact) mass is 319 g/mol. The van der Waals surface area contributed by atoms with Crippen molar-refractivity contribution in [2.24, 2.45) is 0 Å². The lowest BCUT2D eigenvalue weighted by Crippen LogP contribution is -2.30. The average Bonchev–Trinajstić information content (AvgIpc) is 2.50. The molecule has 0 aliphatic carbocycles. The Labute approximate surface area is 135 Å². The Balaban J connectivity index is 2.06. The number of aryl methyl sites for hydroxylation is 1. The van der Waals surface area contributed by atoms with Crippen molar-refractivity contribution in [3.8, 4) is 11.5 Å². The fourth-order valence-electron chi connectivity index (χ4n) is 1.96. The van der Waals surface area contributed by atoms with Gasteiger partial charge in [-0.15, -0.1) is 0 Å². The molecule has 1 amide bonds. The van der Waals surface area contributed by atoms with Gasteiger partial charge in [0.1, 0.15) is 0 Å². The number of anilines is 1. The van der Waals surface area contributed by atoms with Crippen LogP contribution in [0.2, 0.25) is 5.02 Å². The van der Waals surface area contributed by atoms with Crippen LogP contribution in [0, 0.1) is 6.92 Å². The van der Waals surface area contributed by atoms with Crippen molar-refractivity contribution in [1.82, 2.24) is 0 Å². The summed E-state index contributed by atoms with van der Waals surface area (Å²) in [5.41, 5.74) is 1.61. The molecule has 0 aliphatic heterocycles. The molecule has 0 aromatic heterocycles. The van der Waals surface area contributed by atoms with Crippen LogP contribution in [-0.4, -0.2) is 19.1 Å². The summed E-state index contributed by atoms with van der Waals surface area (Å²) < 4.78 is 10.9. The normalized spacial score (nSPS) is 11.6. The van der Waals surface area contributed by atoms with E-state index in [0.717, 1.165) is 5.56 Å². The number of carbonyl (C=O) groups is 1. The van der Waals surface area contributed by atoms with Gasteiger partial charge in [-0.2, -0.15) is 0 Å². The maximum atomic E-state index is 12.2. The summed E-state index contributed by atoms with van der Waals surface area (Å²) >= 11 is 5.91. The first-order valence-corrected chi connectivity index (χ1v) is 7.25. The maximum absolute atomic E-state index is 12.2. The third kappa shape index (κ3) is 3.92. The molecule has 0 saturated heterocycles. The lowest BCUT2D eigenvalue weighted by molar-refractivity contribution is -0.122. The number of amides is 1. The SMILES string of the molecule is COc1ccccc1O[C@H](C)C(=O)Nc1ccc(Cl)cc1C. The van der Waals surface area contributed by atoms with Gasteiger partial charge in [-0.05, 0) is 49.7 Å². The van der Waals surface area contributed by atoms with Gasteiger partial charge >= 0.3 is 0 Å². The summed E-state index contributed by atoms with van der Waals surface area (Å²) in [6.07, 6.45) is -0.661. The number of hydrogen-bond donors (Lipinski definition) is 1. The van der Waals surface area contributed by atoms with Crippen LogP contribution in [-0.2, 0) is 4.79 Å². The van der Waals surface area contributed by atoms with E-state index in [1.807, 2.05) is 19.1 Å². The molecule has 4 nitrogen and oxygen atoms in total. The maximum Gasteiger partial charge on any atom is 0.265 e. The van der Waals surface area contributed by atoms with Crippen molar-refractivity contribution in [1.29, 1.82) is 0 Å². The molecule has 2 aromatic carbocycles. The minimum atomic E-state index is -0.661. The molecule has 22 heavy (non-hydrogen) atoms. The van der Waals surface area contributed by atoms with Gasteiger partial charge in [-0.25, -0.2) is 0 Å². The van der Waals surface area contributed by atoms with Crippen molar-refractivity contribution in [3.05, 3.63) is 53.1 Å². The first-order valence-electron chi connectivity index (χ1n) is 6.88. The van der Waals surface area contributed by atoms with E-state index in [1.165, 1.54) is 0 Å². The van der Waals surface area contributed by atoms with Crippen LogP contribution in [0.25, 0.3) is 0 Å². The number of hydrogen-bond acceptors (Lipinski definition) is 3. The van der Waals surface area contributed by atoms with E-state index in [4.69, 9.17) is 21.1 Å². The molecule has 2 rings (SSSR count). The third-order valence-corrected chi connectivity index (χ3v) is 3.42.